The topological polar surface area (TPSA) is 37.4 Å². The largest absolute Gasteiger partial charge is 0.264 e. The molecule has 0 unspecified atom stereocenters. The molecule has 0 atom stereocenters. The van der Waals surface area contributed by atoms with Crippen molar-refractivity contribution in [3.8, 4) is 0 Å². The van der Waals surface area contributed by atoms with Gasteiger partial charge in [-0.25, -0.2) is 17.2 Å². The number of rotatable bonds is 5. The van der Waals surface area contributed by atoms with Crippen LogP contribution in [0.15, 0.2) is 77.7 Å². The lowest BCUT2D eigenvalue weighted by Gasteiger charge is -2.25. The van der Waals surface area contributed by atoms with E-state index in [0.29, 0.717) is 5.56 Å². The van der Waals surface area contributed by atoms with Crippen molar-refractivity contribution >= 4 is 15.7 Å². The van der Waals surface area contributed by atoms with E-state index in [0.717, 1.165) is 15.9 Å². The minimum absolute atomic E-state index is 0.0147. The Balaban J connectivity index is 2.12. The molecular weight excluding hydrogens is 356 g/mol. The normalized spacial score (nSPS) is 11.3. The number of halogens is 2. The Kier molecular flexibility index (Phi) is 5.04. The molecule has 0 aliphatic carbocycles. The van der Waals surface area contributed by atoms with Crippen LogP contribution >= 0.6 is 0 Å². The van der Waals surface area contributed by atoms with Gasteiger partial charge in [-0.2, -0.15) is 0 Å². The molecule has 0 fully saturated rings. The highest BCUT2D eigenvalue weighted by molar-refractivity contribution is 7.92. The Morgan fingerprint density at radius 2 is 1.54 bits per heavy atom. The van der Waals surface area contributed by atoms with E-state index in [1.54, 1.807) is 24.3 Å². The van der Waals surface area contributed by atoms with E-state index in [1.165, 1.54) is 43.3 Å². The first kappa shape index (κ1) is 18.1. The van der Waals surface area contributed by atoms with E-state index < -0.39 is 21.7 Å². The first-order valence-electron chi connectivity index (χ1n) is 7.96. The van der Waals surface area contributed by atoms with Crippen LogP contribution in [0, 0.1) is 18.6 Å². The summed E-state index contributed by atoms with van der Waals surface area (Å²) in [6.07, 6.45) is 0. The molecule has 0 bridgehead atoms. The molecule has 3 rings (SSSR count). The van der Waals surface area contributed by atoms with Gasteiger partial charge in [0.1, 0.15) is 11.6 Å². The standard InChI is InChI=1S/C20H17F2NO2S/c1-15-12-18(22)10-11-20(15)26(24,25)23(14-16-6-3-2-4-7-16)19-9-5-8-17(21)13-19/h2-13H,14H2,1H3. The molecule has 0 aliphatic heterocycles. The summed E-state index contributed by atoms with van der Waals surface area (Å²) in [5.74, 6) is -1.05. The lowest BCUT2D eigenvalue weighted by atomic mass is 10.2. The van der Waals surface area contributed by atoms with Crippen LogP contribution in [-0.2, 0) is 16.6 Å². The van der Waals surface area contributed by atoms with Crippen LogP contribution < -0.4 is 4.31 Å². The number of hydrogen-bond acceptors (Lipinski definition) is 2. The quantitative estimate of drug-likeness (QED) is 0.652. The molecule has 0 aromatic heterocycles. The molecule has 26 heavy (non-hydrogen) atoms. The smallest absolute Gasteiger partial charge is 0.262 e. The minimum Gasteiger partial charge on any atom is -0.262 e. The Labute approximate surface area is 151 Å². The monoisotopic (exact) mass is 373 g/mol. The Morgan fingerprint density at radius 3 is 2.19 bits per heavy atom. The molecule has 0 spiro atoms. The summed E-state index contributed by atoms with van der Waals surface area (Å²) in [7, 11) is -4.02. The molecule has 6 heteroatoms. The van der Waals surface area contributed by atoms with Gasteiger partial charge in [-0.3, -0.25) is 4.31 Å². The summed E-state index contributed by atoms with van der Waals surface area (Å²) in [4.78, 5) is -0.0147. The molecule has 0 saturated carbocycles. The summed E-state index contributed by atoms with van der Waals surface area (Å²) in [6, 6.07) is 17.9. The maximum atomic E-state index is 13.7. The van der Waals surface area contributed by atoms with E-state index in [9.17, 15) is 17.2 Å². The van der Waals surface area contributed by atoms with Crippen LogP contribution in [0.3, 0.4) is 0 Å². The molecule has 3 nitrogen and oxygen atoms in total. The number of anilines is 1. The summed E-state index contributed by atoms with van der Waals surface area (Å²) < 4.78 is 54.8. The molecule has 0 amide bonds. The highest BCUT2D eigenvalue weighted by atomic mass is 32.2. The minimum atomic E-state index is -4.02. The molecule has 0 aliphatic rings. The third-order valence-electron chi connectivity index (χ3n) is 3.97. The van der Waals surface area contributed by atoms with Gasteiger partial charge < -0.3 is 0 Å². The zero-order valence-corrected chi connectivity index (χ0v) is 14.9. The van der Waals surface area contributed by atoms with Gasteiger partial charge in [0, 0.05) is 0 Å². The van der Waals surface area contributed by atoms with Gasteiger partial charge in [0.25, 0.3) is 10.0 Å². The van der Waals surface area contributed by atoms with Crippen LogP contribution in [0.5, 0.6) is 0 Å². The van der Waals surface area contributed by atoms with E-state index in [4.69, 9.17) is 0 Å². The second-order valence-electron chi connectivity index (χ2n) is 5.89. The fraction of sp³-hybridized carbons (Fsp3) is 0.100. The van der Waals surface area contributed by atoms with Gasteiger partial charge in [-0.15, -0.1) is 0 Å². The van der Waals surface area contributed by atoms with Crippen LogP contribution in [0.2, 0.25) is 0 Å². The predicted molar refractivity (Wildman–Crippen MR) is 97.3 cm³/mol. The van der Waals surface area contributed by atoms with Crippen LogP contribution in [0.25, 0.3) is 0 Å². The van der Waals surface area contributed by atoms with Crippen molar-refractivity contribution in [1.82, 2.24) is 0 Å². The Bertz CT molecular complexity index is 1020. The highest BCUT2D eigenvalue weighted by Crippen LogP contribution is 2.28. The van der Waals surface area contributed by atoms with Gasteiger partial charge in [0.05, 0.1) is 17.1 Å². The van der Waals surface area contributed by atoms with Crippen molar-refractivity contribution < 1.29 is 17.2 Å². The van der Waals surface area contributed by atoms with Gasteiger partial charge in [0.15, 0.2) is 0 Å². The Morgan fingerprint density at radius 1 is 0.846 bits per heavy atom. The van der Waals surface area contributed by atoms with E-state index in [-0.39, 0.29) is 17.1 Å². The second-order valence-corrected chi connectivity index (χ2v) is 7.72. The van der Waals surface area contributed by atoms with Crippen molar-refractivity contribution in [2.75, 3.05) is 4.31 Å². The third kappa shape index (κ3) is 3.75. The molecule has 0 radical (unpaired) electrons. The summed E-state index contributed by atoms with van der Waals surface area (Å²) in [5, 5.41) is 0. The summed E-state index contributed by atoms with van der Waals surface area (Å²) in [6.45, 7) is 1.56. The van der Waals surface area contributed by atoms with Gasteiger partial charge >= 0.3 is 0 Å². The average Bonchev–Trinajstić information content (AvgIpc) is 2.60. The molecule has 0 heterocycles. The fourth-order valence-corrected chi connectivity index (χ4v) is 4.37. The number of nitrogens with zero attached hydrogens (tertiary/aromatic N) is 1. The molecule has 0 N–H and O–H groups in total. The zero-order valence-electron chi connectivity index (χ0n) is 14.1. The van der Waals surface area contributed by atoms with E-state index in [2.05, 4.69) is 0 Å². The third-order valence-corrected chi connectivity index (χ3v) is 5.90. The Hall–Kier alpha value is -2.73. The average molecular weight is 373 g/mol. The van der Waals surface area contributed by atoms with Crippen LogP contribution in [-0.4, -0.2) is 8.42 Å². The van der Waals surface area contributed by atoms with E-state index >= 15 is 0 Å². The van der Waals surface area contributed by atoms with E-state index in [1.807, 2.05) is 6.07 Å². The second kappa shape index (κ2) is 7.25. The SMILES string of the molecule is Cc1cc(F)ccc1S(=O)(=O)N(Cc1ccccc1)c1cccc(F)c1. The number of hydrogen-bond donors (Lipinski definition) is 0. The first-order valence-corrected chi connectivity index (χ1v) is 9.40. The van der Waals surface area contributed by atoms with Gasteiger partial charge in [-0.05, 0) is 54.4 Å². The van der Waals surface area contributed by atoms with Crippen LogP contribution in [0.1, 0.15) is 11.1 Å². The van der Waals surface area contributed by atoms with Crippen LogP contribution in [0.4, 0.5) is 14.5 Å². The maximum Gasteiger partial charge on any atom is 0.264 e. The van der Waals surface area contributed by atoms with Crippen molar-refractivity contribution in [2.24, 2.45) is 0 Å². The maximum absolute atomic E-state index is 13.7. The molecular formula is C20H17F2NO2S. The van der Waals surface area contributed by atoms with Crippen molar-refractivity contribution in [2.45, 2.75) is 18.4 Å². The molecule has 134 valence electrons. The molecule has 3 aromatic rings. The lowest BCUT2D eigenvalue weighted by Crippen LogP contribution is -2.31. The number of sulfonamides is 1. The summed E-state index contributed by atoms with van der Waals surface area (Å²) >= 11 is 0. The molecule has 0 saturated heterocycles. The molecule has 3 aromatic carbocycles. The van der Waals surface area contributed by atoms with Gasteiger partial charge in [-0.1, -0.05) is 36.4 Å². The lowest BCUT2D eigenvalue weighted by molar-refractivity contribution is 0.588. The summed E-state index contributed by atoms with van der Waals surface area (Å²) in [5.41, 5.74) is 1.25. The first-order chi connectivity index (χ1) is 12.4. The van der Waals surface area contributed by atoms with Gasteiger partial charge in [0.2, 0.25) is 0 Å². The zero-order chi connectivity index (χ0) is 18.7. The van der Waals surface area contributed by atoms with Crippen molar-refractivity contribution in [3.63, 3.8) is 0 Å². The fourth-order valence-electron chi connectivity index (χ4n) is 2.72. The highest BCUT2D eigenvalue weighted by Gasteiger charge is 2.27. The number of aryl methyl sites for hydroxylation is 1. The number of benzene rings is 3. The van der Waals surface area contributed by atoms with Crippen molar-refractivity contribution in [1.29, 1.82) is 0 Å². The predicted octanol–water partition coefficient (Wildman–Crippen LogP) is 4.67. The van der Waals surface area contributed by atoms with Crippen molar-refractivity contribution in [3.05, 3.63) is 95.6 Å².